The van der Waals surface area contributed by atoms with E-state index < -0.39 is 34.2 Å². The first-order chi connectivity index (χ1) is 25.4. The molecule has 12 heteroatoms. The molecule has 1 aliphatic carbocycles. The molecule has 1 saturated heterocycles. The zero-order valence-corrected chi connectivity index (χ0v) is 32.1. The number of aromatic nitrogens is 1. The van der Waals surface area contributed by atoms with E-state index in [4.69, 9.17) is 4.74 Å². The first-order valence-corrected chi connectivity index (χ1v) is 20.5. The number of hydrogen-bond acceptors (Lipinski definition) is 9. The second-order valence-electron chi connectivity index (χ2n) is 14.6. The lowest BCUT2D eigenvalue weighted by atomic mass is 9.85. The molecular weight excluding hydrogens is 698 g/mol. The summed E-state index contributed by atoms with van der Waals surface area (Å²) in [6, 6.07) is 14.7. The minimum Gasteiger partial charge on any atom is -0.463 e. The SMILES string of the molecule is CC(C)OC(=O)CCC/C=C\C[C@@H]1[C@@H](CC[C@@H](O)CCc2ccccc2)[C@H](O)C[C@@H]1O.C[C@H]1CNCCCN1S(=O)(=O)c1cccc2cncc(F)c12. The monoisotopic (exact) mass is 755 g/mol. The summed E-state index contributed by atoms with van der Waals surface area (Å²) in [5.74, 6) is -0.758. The fourth-order valence-electron chi connectivity index (χ4n) is 7.32. The Morgan fingerprint density at radius 3 is 2.57 bits per heavy atom. The molecule has 2 heterocycles. The van der Waals surface area contributed by atoms with Crippen LogP contribution in [0, 0.1) is 17.7 Å². The lowest BCUT2D eigenvalue weighted by Crippen LogP contribution is -2.41. The molecule has 0 unspecified atom stereocenters. The standard InChI is InChI=1S/C26H40O5.C15H18FN3O2S/c1-19(2)31-26(30)13-9-4-3-8-12-22-23(25(29)18-24(22)28)17-16-21(27)15-14-20-10-6-5-7-11-20;1-11-8-17-6-3-7-19(11)22(20,21)14-5-2-4-12-9-18-10-13(16)15(12)14/h3,5-8,10-11,19,21-25,27-29H,4,9,12-18H2,1-2H3;2,4-5,9-11,17H,3,6-8H2,1H3/b8-3-;/t21-,22+,23+,24-,25+;11-/m00/s1. The zero-order valence-electron chi connectivity index (χ0n) is 31.3. The molecule has 2 aliphatic rings. The summed E-state index contributed by atoms with van der Waals surface area (Å²) in [5, 5.41) is 35.0. The average molecular weight is 756 g/mol. The Balaban J connectivity index is 0.000000250. The van der Waals surface area contributed by atoms with Crippen LogP contribution in [0.3, 0.4) is 0 Å². The van der Waals surface area contributed by atoms with Crippen LogP contribution in [0.25, 0.3) is 10.8 Å². The molecule has 53 heavy (non-hydrogen) atoms. The van der Waals surface area contributed by atoms with Gasteiger partial charge >= 0.3 is 5.97 Å². The average Bonchev–Trinajstić information content (AvgIpc) is 3.24. The van der Waals surface area contributed by atoms with Crippen molar-refractivity contribution in [1.29, 1.82) is 0 Å². The molecule has 10 nitrogen and oxygen atoms in total. The van der Waals surface area contributed by atoms with Crippen molar-refractivity contribution in [3.8, 4) is 0 Å². The fourth-order valence-corrected chi connectivity index (χ4v) is 9.21. The summed E-state index contributed by atoms with van der Waals surface area (Å²) in [6.45, 7) is 7.35. The number of sulfonamides is 1. The summed E-state index contributed by atoms with van der Waals surface area (Å²) in [5.41, 5.74) is 1.22. The van der Waals surface area contributed by atoms with Gasteiger partial charge in [-0.25, -0.2) is 12.8 Å². The molecule has 0 spiro atoms. The summed E-state index contributed by atoms with van der Waals surface area (Å²) in [6.07, 6.45) is 11.8. The van der Waals surface area contributed by atoms with Crippen LogP contribution >= 0.6 is 0 Å². The van der Waals surface area contributed by atoms with Gasteiger partial charge in [-0.1, -0.05) is 54.6 Å². The molecule has 0 bridgehead atoms. The number of pyridine rings is 1. The third-order valence-electron chi connectivity index (χ3n) is 10.1. The third-order valence-corrected chi connectivity index (χ3v) is 12.2. The lowest BCUT2D eigenvalue weighted by molar-refractivity contribution is -0.147. The highest BCUT2D eigenvalue weighted by Crippen LogP contribution is 2.38. The maximum atomic E-state index is 14.2. The highest BCUT2D eigenvalue weighted by Gasteiger charge is 2.40. The van der Waals surface area contributed by atoms with E-state index in [1.54, 1.807) is 12.1 Å². The normalized spacial score (nSPS) is 23.1. The number of nitrogens with one attached hydrogen (secondary N) is 1. The zero-order chi connectivity index (χ0) is 38.4. The van der Waals surface area contributed by atoms with Crippen LogP contribution in [-0.2, 0) is 26.0 Å². The number of ether oxygens (including phenoxy) is 1. The Morgan fingerprint density at radius 2 is 1.81 bits per heavy atom. The molecule has 292 valence electrons. The van der Waals surface area contributed by atoms with E-state index in [-0.39, 0.29) is 40.2 Å². The van der Waals surface area contributed by atoms with Gasteiger partial charge in [0.25, 0.3) is 0 Å². The number of hydrogen-bond donors (Lipinski definition) is 4. The number of halogens is 1. The maximum Gasteiger partial charge on any atom is 0.306 e. The molecule has 1 saturated carbocycles. The van der Waals surface area contributed by atoms with E-state index >= 15 is 0 Å². The van der Waals surface area contributed by atoms with E-state index in [0.29, 0.717) is 57.0 Å². The van der Waals surface area contributed by atoms with E-state index in [1.165, 1.54) is 22.1 Å². The van der Waals surface area contributed by atoms with Gasteiger partial charge in [-0.3, -0.25) is 9.78 Å². The molecule has 2 fully saturated rings. The molecule has 1 aliphatic heterocycles. The van der Waals surface area contributed by atoms with Gasteiger partial charge < -0.3 is 25.4 Å². The molecule has 3 aromatic rings. The van der Waals surface area contributed by atoms with Crippen LogP contribution in [0.5, 0.6) is 0 Å². The van der Waals surface area contributed by atoms with Gasteiger partial charge in [-0.05, 0) is 109 Å². The van der Waals surface area contributed by atoms with Gasteiger partial charge in [0.1, 0.15) is 0 Å². The second kappa shape index (κ2) is 21.0. The van der Waals surface area contributed by atoms with Crippen molar-refractivity contribution in [2.75, 3.05) is 19.6 Å². The van der Waals surface area contributed by atoms with Gasteiger partial charge in [0.15, 0.2) is 5.82 Å². The molecular formula is C41H58FN3O7S. The number of carbonyl (C=O) groups is 1. The minimum absolute atomic E-state index is 0.00652. The number of nitrogens with zero attached hydrogens (tertiary/aromatic N) is 2. The number of unbranched alkanes of at least 4 members (excludes halogenated alkanes) is 1. The Labute approximate surface area is 314 Å². The number of allylic oxidation sites excluding steroid dienone is 2. The predicted octanol–water partition coefficient (Wildman–Crippen LogP) is 5.93. The van der Waals surface area contributed by atoms with E-state index in [1.807, 2.05) is 45.0 Å². The number of aliphatic hydroxyl groups excluding tert-OH is 3. The van der Waals surface area contributed by atoms with Crippen molar-refractivity contribution in [1.82, 2.24) is 14.6 Å². The Hall–Kier alpha value is -3.26. The number of esters is 1. The molecule has 2 aromatic carbocycles. The minimum atomic E-state index is -3.76. The van der Waals surface area contributed by atoms with Crippen molar-refractivity contribution in [2.45, 2.75) is 120 Å². The largest absolute Gasteiger partial charge is 0.463 e. The smallest absolute Gasteiger partial charge is 0.306 e. The summed E-state index contributed by atoms with van der Waals surface area (Å²) >= 11 is 0. The van der Waals surface area contributed by atoms with E-state index in [2.05, 4.69) is 28.5 Å². The summed E-state index contributed by atoms with van der Waals surface area (Å²) < 4.78 is 46.8. The van der Waals surface area contributed by atoms with Crippen molar-refractivity contribution >= 4 is 26.8 Å². The third kappa shape index (κ3) is 12.7. The van der Waals surface area contributed by atoms with Gasteiger partial charge in [-0.15, -0.1) is 0 Å². The fraction of sp³-hybridized carbons (Fsp3) is 0.561. The molecule has 6 atom stereocenters. The molecule has 0 amide bonds. The van der Waals surface area contributed by atoms with Crippen LogP contribution < -0.4 is 5.32 Å². The van der Waals surface area contributed by atoms with Crippen LogP contribution in [0.2, 0.25) is 0 Å². The van der Waals surface area contributed by atoms with Gasteiger partial charge in [0, 0.05) is 42.5 Å². The van der Waals surface area contributed by atoms with Crippen LogP contribution in [0.1, 0.15) is 84.1 Å². The number of benzene rings is 2. The van der Waals surface area contributed by atoms with E-state index in [9.17, 15) is 32.9 Å². The first kappa shape index (κ1) is 42.5. The first-order valence-electron chi connectivity index (χ1n) is 19.1. The van der Waals surface area contributed by atoms with Crippen LogP contribution in [-0.4, -0.2) is 89.1 Å². The quantitative estimate of drug-likeness (QED) is 0.0841. The predicted molar refractivity (Wildman–Crippen MR) is 205 cm³/mol. The molecule has 1 aromatic heterocycles. The molecule has 5 rings (SSSR count). The summed E-state index contributed by atoms with van der Waals surface area (Å²) in [4.78, 5) is 15.3. The molecule has 0 radical (unpaired) electrons. The van der Waals surface area contributed by atoms with Gasteiger partial charge in [0.05, 0.1) is 35.5 Å². The van der Waals surface area contributed by atoms with Crippen molar-refractivity contribution in [3.63, 3.8) is 0 Å². The van der Waals surface area contributed by atoms with E-state index in [0.717, 1.165) is 38.4 Å². The number of fused-ring (bicyclic) bond motifs is 1. The Morgan fingerprint density at radius 1 is 1.06 bits per heavy atom. The van der Waals surface area contributed by atoms with Crippen LogP contribution in [0.15, 0.2) is 78.0 Å². The Kier molecular flexibility index (Phi) is 16.8. The number of aryl methyl sites for hydroxylation is 1. The Bertz CT molecular complexity index is 1700. The van der Waals surface area contributed by atoms with Crippen molar-refractivity contribution in [2.24, 2.45) is 11.8 Å². The summed E-state index contributed by atoms with van der Waals surface area (Å²) in [7, 11) is -3.76. The number of aliphatic hydroxyl groups is 3. The highest BCUT2D eigenvalue weighted by atomic mass is 32.2. The van der Waals surface area contributed by atoms with Gasteiger partial charge in [-0.2, -0.15) is 4.31 Å². The number of carbonyl (C=O) groups excluding carboxylic acids is 1. The topological polar surface area (TPSA) is 149 Å². The maximum absolute atomic E-state index is 14.2. The highest BCUT2D eigenvalue weighted by molar-refractivity contribution is 7.89. The molecule has 4 N–H and O–H groups in total. The van der Waals surface area contributed by atoms with Crippen molar-refractivity contribution < 1.29 is 37.7 Å². The van der Waals surface area contributed by atoms with Crippen LogP contribution in [0.4, 0.5) is 4.39 Å². The van der Waals surface area contributed by atoms with Crippen molar-refractivity contribution in [3.05, 3.63) is 84.5 Å². The second-order valence-corrected chi connectivity index (χ2v) is 16.4. The lowest BCUT2D eigenvalue weighted by Gasteiger charge is -2.26. The van der Waals surface area contributed by atoms with Gasteiger partial charge in [0.2, 0.25) is 10.0 Å². The number of rotatable bonds is 15.